The number of alkyl halides is 3. The molecule has 0 aliphatic carbocycles. The van der Waals surface area contributed by atoms with Crippen LogP contribution < -0.4 is 5.32 Å². The lowest BCUT2D eigenvalue weighted by Crippen LogP contribution is -2.39. The molecule has 6 nitrogen and oxygen atoms in total. The summed E-state index contributed by atoms with van der Waals surface area (Å²) >= 11 is 0. The van der Waals surface area contributed by atoms with Crippen LogP contribution in [0.3, 0.4) is 0 Å². The maximum atomic E-state index is 11.6. The third kappa shape index (κ3) is 7.66. The molecule has 1 heterocycles. The van der Waals surface area contributed by atoms with Gasteiger partial charge in [0.2, 0.25) is 5.91 Å². The van der Waals surface area contributed by atoms with Crippen molar-refractivity contribution in [3.63, 3.8) is 0 Å². The molecular weight excluding hydrogens is 293 g/mol. The highest BCUT2D eigenvalue weighted by molar-refractivity contribution is 5.81. The number of nitrogens with zero attached hydrogens (tertiary/aromatic N) is 1. The Bertz CT molecular complexity index is 372. The van der Waals surface area contributed by atoms with Crippen LogP contribution >= 0.6 is 0 Å². The van der Waals surface area contributed by atoms with Gasteiger partial charge in [-0.25, -0.2) is 4.79 Å². The van der Waals surface area contributed by atoms with Crippen molar-refractivity contribution in [1.29, 1.82) is 0 Å². The molecule has 2 N–H and O–H groups in total. The lowest BCUT2D eigenvalue weighted by molar-refractivity contribution is -0.192. The Kier molecular flexibility index (Phi) is 7.97. The number of rotatable bonds is 4. The zero-order valence-corrected chi connectivity index (χ0v) is 11.8. The first-order chi connectivity index (χ1) is 9.59. The number of amides is 1. The van der Waals surface area contributed by atoms with E-state index in [0.717, 1.165) is 13.0 Å². The molecule has 0 aromatic heterocycles. The summed E-state index contributed by atoms with van der Waals surface area (Å²) in [7, 11) is 3.53. The number of hydrogen-bond acceptors (Lipinski definition) is 4. The van der Waals surface area contributed by atoms with Crippen LogP contribution in [0.25, 0.3) is 0 Å². The number of halogens is 3. The summed E-state index contributed by atoms with van der Waals surface area (Å²) in [6.45, 7) is 4.88. The minimum absolute atomic E-state index is 0.0835. The fourth-order valence-electron chi connectivity index (χ4n) is 1.53. The second-order valence-corrected chi connectivity index (χ2v) is 4.48. The van der Waals surface area contributed by atoms with E-state index >= 15 is 0 Å². The fourth-order valence-corrected chi connectivity index (χ4v) is 1.53. The first-order valence-corrected chi connectivity index (χ1v) is 6.06. The smallest absolute Gasteiger partial charge is 0.475 e. The first kappa shape index (κ1) is 19.4. The monoisotopic (exact) mass is 312 g/mol. The molecule has 0 spiro atoms. The van der Waals surface area contributed by atoms with Crippen molar-refractivity contribution < 1.29 is 32.6 Å². The molecule has 0 unspecified atom stereocenters. The van der Waals surface area contributed by atoms with Gasteiger partial charge in [-0.15, -0.1) is 6.58 Å². The van der Waals surface area contributed by atoms with Gasteiger partial charge in [0.25, 0.3) is 0 Å². The van der Waals surface area contributed by atoms with Gasteiger partial charge in [0.1, 0.15) is 0 Å². The first-order valence-electron chi connectivity index (χ1n) is 6.06. The number of carbonyl (C=O) groups excluding carboxylic acids is 1. The number of ether oxygens (including phenoxy) is 1. The van der Waals surface area contributed by atoms with E-state index in [2.05, 4.69) is 11.9 Å². The fraction of sp³-hybridized carbons (Fsp3) is 0.667. The average molecular weight is 312 g/mol. The molecule has 0 aromatic rings. The molecule has 1 fully saturated rings. The van der Waals surface area contributed by atoms with Crippen LogP contribution in [0.1, 0.15) is 6.42 Å². The quantitative estimate of drug-likeness (QED) is 0.745. The Morgan fingerprint density at radius 2 is 2.00 bits per heavy atom. The van der Waals surface area contributed by atoms with Gasteiger partial charge in [0.05, 0.1) is 18.8 Å². The molecular formula is C12H19F3N2O4. The lowest BCUT2D eigenvalue weighted by atomic mass is 10.2. The highest BCUT2D eigenvalue weighted by Crippen LogP contribution is 2.13. The molecule has 2 atom stereocenters. The van der Waals surface area contributed by atoms with Crippen LogP contribution in [0, 0.1) is 0 Å². The Morgan fingerprint density at radius 3 is 2.38 bits per heavy atom. The average Bonchev–Trinajstić information content (AvgIpc) is 2.83. The minimum atomic E-state index is -5.08. The SMILES string of the molecule is C=CCO[C@H]1CN[C@H](C(=O)N(C)C)C1.O=C(O)C(F)(F)F. The van der Waals surface area contributed by atoms with Crippen molar-refractivity contribution in [3.05, 3.63) is 12.7 Å². The molecule has 0 bridgehead atoms. The number of hydrogen-bond donors (Lipinski definition) is 2. The summed E-state index contributed by atoms with van der Waals surface area (Å²) < 4.78 is 37.2. The van der Waals surface area contributed by atoms with E-state index in [-0.39, 0.29) is 18.1 Å². The van der Waals surface area contributed by atoms with Gasteiger partial charge in [-0.2, -0.15) is 13.2 Å². The van der Waals surface area contributed by atoms with Gasteiger partial charge in [0, 0.05) is 20.6 Å². The third-order valence-corrected chi connectivity index (χ3v) is 2.52. The van der Waals surface area contributed by atoms with Crippen LogP contribution in [0.4, 0.5) is 13.2 Å². The molecule has 122 valence electrons. The topological polar surface area (TPSA) is 78.9 Å². The predicted octanol–water partition coefficient (Wildman–Crippen LogP) is 0.641. The number of likely N-dealkylation sites (N-methyl/N-ethyl adjacent to an activating group) is 1. The zero-order valence-electron chi connectivity index (χ0n) is 11.8. The standard InChI is InChI=1S/C10H18N2O2.C2HF3O2/c1-4-5-14-8-6-9(11-7-8)10(13)12(2)3;3-2(4,5)1(6)7/h4,8-9,11H,1,5-7H2,2-3H3;(H,6,7)/t8-,9+;/m1./s1. The number of carbonyl (C=O) groups is 2. The van der Waals surface area contributed by atoms with Gasteiger partial charge < -0.3 is 20.1 Å². The third-order valence-electron chi connectivity index (χ3n) is 2.52. The van der Waals surface area contributed by atoms with E-state index in [1.807, 2.05) is 0 Å². The van der Waals surface area contributed by atoms with E-state index in [9.17, 15) is 18.0 Å². The molecule has 0 saturated carbocycles. The number of carboxylic acid groups (broad SMARTS) is 1. The molecule has 1 aliphatic rings. The van der Waals surface area contributed by atoms with Crippen LogP contribution in [-0.2, 0) is 14.3 Å². The highest BCUT2D eigenvalue weighted by Gasteiger charge is 2.38. The van der Waals surface area contributed by atoms with E-state index in [1.165, 1.54) is 0 Å². The molecule has 0 radical (unpaired) electrons. The van der Waals surface area contributed by atoms with Crippen molar-refractivity contribution >= 4 is 11.9 Å². The Morgan fingerprint density at radius 1 is 1.48 bits per heavy atom. The van der Waals surface area contributed by atoms with Gasteiger partial charge in [-0.05, 0) is 6.42 Å². The summed E-state index contributed by atoms with van der Waals surface area (Å²) in [4.78, 5) is 22.1. The highest BCUT2D eigenvalue weighted by atomic mass is 19.4. The van der Waals surface area contributed by atoms with Gasteiger partial charge in [-0.3, -0.25) is 4.79 Å². The summed E-state index contributed by atoms with van der Waals surface area (Å²) in [6, 6.07) is -0.0835. The summed E-state index contributed by atoms with van der Waals surface area (Å²) in [6.07, 6.45) is -2.46. The Hall–Kier alpha value is -1.61. The predicted molar refractivity (Wildman–Crippen MR) is 68.7 cm³/mol. The number of aliphatic carboxylic acids is 1. The molecule has 9 heteroatoms. The van der Waals surface area contributed by atoms with Gasteiger partial charge in [-0.1, -0.05) is 6.08 Å². The van der Waals surface area contributed by atoms with Gasteiger partial charge in [0.15, 0.2) is 0 Å². The van der Waals surface area contributed by atoms with Crippen molar-refractivity contribution in [3.8, 4) is 0 Å². The summed E-state index contributed by atoms with van der Waals surface area (Å²) in [5, 5.41) is 10.3. The maximum Gasteiger partial charge on any atom is 0.490 e. The van der Waals surface area contributed by atoms with E-state index < -0.39 is 12.1 Å². The number of carboxylic acids is 1. The molecule has 1 aliphatic heterocycles. The molecule has 1 saturated heterocycles. The van der Waals surface area contributed by atoms with Crippen LogP contribution in [0.5, 0.6) is 0 Å². The largest absolute Gasteiger partial charge is 0.490 e. The normalized spacial score (nSPS) is 21.2. The van der Waals surface area contributed by atoms with Crippen LogP contribution in [0.15, 0.2) is 12.7 Å². The van der Waals surface area contributed by atoms with Gasteiger partial charge >= 0.3 is 12.1 Å². The van der Waals surface area contributed by atoms with Crippen LogP contribution in [0.2, 0.25) is 0 Å². The second kappa shape index (κ2) is 8.63. The Labute approximate surface area is 120 Å². The minimum Gasteiger partial charge on any atom is -0.475 e. The van der Waals surface area contributed by atoms with E-state index in [0.29, 0.717) is 6.61 Å². The Balaban J connectivity index is 0.000000486. The van der Waals surface area contributed by atoms with Crippen LogP contribution in [-0.4, -0.2) is 67.5 Å². The van der Waals surface area contributed by atoms with Crippen molar-refractivity contribution in [1.82, 2.24) is 10.2 Å². The molecule has 1 amide bonds. The summed E-state index contributed by atoms with van der Waals surface area (Å²) in [5.41, 5.74) is 0. The van der Waals surface area contributed by atoms with Crippen molar-refractivity contribution in [2.75, 3.05) is 27.2 Å². The lowest BCUT2D eigenvalue weighted by Gasteiger charge is -2.15. The van der Waals surface area contributed by atoms with Crippen molar-refractivity contribution in [2.24, 2.45) is 0 Å². The molecule has 1 rings (SSSR count). The summed E-state index contributed by atoms with van der Waals surface area (Å²) in [5.74, 6) is -2.64. The number of nitrogens with one attached hydrogen (secondary N) is 1. The van der Waals surface area contributed by atoms with Crippen molar-refractivity contribution in [2.45, 2.75) is 24.7 Å². The molecule has 21 heavy (non-hydrogen) atoms. The second-order valence-electron chi connectivity index (χ2n) is 4.48. The van der Waals surface area contributed by atoms with E-state index in [4.69, 9.17) is 14.6 Å². The zero-order chi connectivity index (χ0) is 16.6. The maximum absolute atomic E-state index is 11.6. The van der Waals surface area contributed by atoms with E-state index in [1.54, 1.807) is 25.1 Å². The molecule has 0 aromatic carbocycles.